The van der Waals surface area contributed by atoms with Crippen LogP contribution in [0.3, 0.4) is 0 Å². The summed E-state index contributed by atoms with van der Waals surface area (Å²) in [5.41, 5.74) is 1.63. The Morgan fingerprint density at radius 1 is 1.30 bits per heavy atom. The van der Waals surface area contributed by atoms with E-state index in [1.165, 1.54) is 30.9 Å². The van der Waals surface area contributed by atoms with Crippen molar-refractivity contribution in [2.45, 2.75) is 31.6 Å². The van der Waals surface area contributed by atoms with E-state index in [0.717, 1.165) is 13.1 Å². The minimum atomic E-state index is -0.225. The van der Waals surface area contributed by atoms with Crippen molar-refractivity contribution in [1.82, 2.24) is 10.2 Å². The molecule has 1 atom stereocenters. The number of nitrogens with zero attached hydrogens (tertiary/aromatic N) is 1. The number of nitrogens with one attached hydrogen (secondary N) is 1. The zero-order valence-corrected chi connectivity index (χ0v) is 13.5. The smallest absolute Gasteiger partial charge is 0.243 e. The molecule has 1 aliphatic carbocycles. The van der Waals surface area contributed by atoms with Crippen LogP contribution in [0.1, 0.15) is 37.2 Å². The number of carbonyl (C=O) groups excluding carboxylic acids is 2. The molecule has 122 valence electrons. The quantitative estimate of drug-likeness (QED) is 0.849. The van der Waals surface area contributed by atoms with Crippen molar-refractivity contribution in [2.75, 3.05) is 19.6 Å². The van der Waals surface area contributed by atoms with Crippen molar-refractivity contribution in [2.24, 2.45) is 5.41 Å². The monoisotopic (exact) mass is 312 g/mol. The second-order valence-corrected chi connectivity index (χ2v) is 6.70. The summed E-state index contributed by atoms with van der Waals surface area (Å²) in [4.78, 5) is 25.6. The van der Waals surface area contributed by atoms with Crippen LogP contribution in [0.5, 0.6) is 0 Å². The molecule has 1 spiro atoms. The first-order valence-electron chi connectivity index (χ1n) is 8.38. The molecule has 1 unspecified atom stereocenters. The number of likely N-dealkylation sites (tertiary alicyclic amines) is 1. The van der Waals surface area contributed by atoms with Gasteiger partial charge in [-0.2, -0.15) is 0 Å². The van der Waals surface area contributed by atoms with Crippen molar-refractivity contribution in [3.8, 4) is 0 Å². The lowest BCUT2D eigenvalue weighted by Crippen LogP contribution is -2.38. The molecule has 0 bridgehead atoms. The highest BCUT2D eigenvalue weighted by molar-refractivity contribution is 5.87. The molecule has 3 rings (SSSR count). The average molecular weight is 312 g/mol. The Morgan fingerprint density at radius 3 is 2.65 bits per heavy atom. The van der Waals surface area contributed by atoms with E-state index in [1.807, 2.05) is 11.0 Å². The van der Waals surface area contributed by atoms with Gasteiger partial charge in [0, 0.05) is 32.0 Å². The number of rotatable bonds is 5. The average Bonchev–Trinajstić information content (AvgIpc) is 2.96. The molecule has 1 N–H and O–H groups in total. The SMILES string of the molecule is C=CC(=O)NCCC(=O)N1CC(c2ccccc2)C2(CCC2)C1. The predicted octanol–water partition coefficient (Wildman–Crippen LogP) is 2.47. The lowest BCUT2D eigenvalue weighted by Gasteiger charge is -2.43. The summed E-state index contributed by atoms with van der Waals surface area (Å²) in [7, 11) is 0. The summed E-state index contributed by atoms with van der Waals surface area (Å²) < 4.78 is 0. The van der Waals surface area contributed by atoms with E-state index in [4.69, 9.17) is 0 Å². The zero-order valence-electron chi connectivity index (χ0n) is 13.5. The largest absolute Gasteiger partial charge is 0.352 e. The Bertz CT molecular complexity index is 593. The van der Waals surface area contributed by atoms with Crippen LogP contribution >= 0.6 is 0 Å². The van der Waals surface area contributed by atoms with Gasteiger partial charge in [0.15, 0.2) is 0 Å². The first kappa shape index (κ1) is 15.8. The minimum absolute atomic E-state index is 0.138. The summed E-state index contributed by atoms with van der Waals surface area (Å²) in [5, 5.41) is 2.67. The molecule has 1 heterocycles. The van der Waals surface area contributed by atoms with Crippen LogP contribution in [0.2, 0.25) is 0 Å². The highest BCUT2D eigenvalue weighted by Crippen LogP contribution is 2.55. The Hall–Kier alpha value is -2.10. The first-order valence-corrected chi connectivity index (χ1v) is 8.38. The molecule has 2 amide bonds. The van der Waals surface area contributed by atoms with E-state index >= 15 is 0 Å². The van der Waals surface area contributed by atoms with Gasteiger partial charge in [0.1, 0.15) is 0 Å². The standard InChI is InChI=1S/C19H24N2O2/c1-2-17(22)20-12-9-18(23)21-13-16(15-7-4-3-5-8-15)19(14-21)10-6-11-19/h2-5,7-8,16H,1,6,9-14H2,(H,20,22). The van der Waals surface area contributed by atoms with Gasteiger partial charge in [-0.25, -0.2) is 0 Å². The molecule has 4 nitrogen and oxygen atoms in total. The lowest BCUT2D eigenvalue weighted by atomic mass is 9.61. The normalized spacial score (nSPS) is 21.7. The van der Waals surface area contributed by atoms with E-state index in [9.17, 15) is 9.59 Å². The van der Waals surface area contributed by atoms with Gasteiger partial charge in [-0.3, -0.25) is 9.59 Å². The van der Waals surface area contributed by atoms with Crippen molar-refractivity contribution in [3.05, 3.63) is 48.6 Å². The minimum Gasteiger partial charge on any atom is -0.352 e. The number of benzene rings is 1. The molecule has 1 aromatic rings. The molecule has 1 saturated heterocycles. The highest BCUT2D eigenvalue weighted by Gasteiger charge is 2.51. The molecule has 1 aromatic carbocycles. The summed E-state index contributed by atoms with van der Waals surface area (Å²) in [6.07, 6.45) is 5.28. The lowest BCUT2D eigenvalue weighted by molar-refractivity contribution is -0.130. The van der Waals surface area contributed by atoms with Crippen LogP contribution in [0, 0.1) is 5.41 Å². The number of amides is 2. The Morgan fingerprint density at radius 2 is 2.04 bits per heavy atom. The molecule has 0 aromatic heterocycles. The maximum absolute atomic E-state index is 12.5. The third-order valence-corrected chi connectivity index (χ3v) is 5.38. The van der Waals surface area contributed by atoms with E-state index in [0.29, 0.717) is 18.9 Å². The summed E-state index contributed by atoms with van der Waals surface area (Å²) in [6.45, 7) is 5.45. The second-order valence-electron chi connectivity index (χ2n) is 6.70. The fourth-order valence-electron chi connectivity index (χ4n) is 3.96. The van der Waals surface area contributed by atoms with Gasteiger partial charge in [-0.05, 0) is 29.9 Å². The highest BCUT2D eigenvalue weighted by atomic mass is 16.2. The van der Waals surface area contributed by atoms with Crippen molar-refractivity contribution >= 4 is 11.8 Å². The molecule has 0 radical (unpaired) electrons. The van der Waals surface area contributed by atoms with Gasteiger partial charge in [0.2, 0.25) is 11.8 Å². The van der Waals surface area contributed by atoms with Gasteiger partial charge >= 0.3 is 0 Å². The third-order valence-electron chi connectivity index (χ3n) is 5.38. The number of hydrogen-bond donors (Lipinski definition) is 1. The Labute approximate surface area is 137 Å². The zero-order chi connectivity index (χ0) is 16.3. The molecular weight excluding hydrogens is 288 g/mol. The molecule has 23 heavy (non-hydrogen) atoms. The van der Waals surface area contributed by atoms with Crippen LogP contribution in [-0.2, 0) is 9.59 Å². The van der Waals surface area contributed by atoms with Gasteiger partial charge in [-0.15, -0.1) is 0 Å². The second kappa shape index (κ2) is 6.57. The molecule has 2 fully saturated rings. The first-order chi connectivity index (χ1) is 11.1. The van der Waals surface area contributed by atoms with Gasteiger partial charge < -0.3 is 10.2 Å². The van der Waals surface area contributed by atoms with Crippen LogP contribution < -0.4 is 5.32 Å². The third kappa shape index (κ3) is 3.16. The molecule has 4 heteroatoms. The van der Waals surface area contributed by atoms with E-state index in [-0.39, 0.29) is 17.2 Å². The number of carbonyl (C=O) groups is 2. The fraction of sp³-hybridized carbons (Fsp3) is 0.474. The molecule has 1 saturated carbocycles. The molecule has 2 aliphatic rings. The van der Waals surface area contributed by atoms with Gasteiger partial charge in [0.05, 0.1) is 0 Å². The van der Waals surface area contributed by atoms with E-state index < -0.39 is 0 Å². The van der Waals surface area contributed by atoms with Gasteiger partial charge in [0.25, 0.3) is 0 Å². The topological polar surface area (TPSA) is 49.4 Å². The summed E-state index contributed by atoms with van der Waals surface area (Å²) >= 11 is 0. The van der Waals surface area contributed by atoms with Crippen LogP contribution in [-0.4, -0.2) is 36.3 Å². The van der Waals surface area contributed by atoms with Crippen LogP contribution in [0.4, 0.5) is 0 Å². The van der Waals surface area contributed by atoms with E-state index in [1.54, 1.807) is 0 Å². The Balaban J connectivity index is 1.63. The van der Waals surface area contributed by atoms with Crippen LogP contribution in [0.25, 0.3) is 0 Å². The van der Waals surface area contributed by atoms with Crippen molar-refractivity contribution < 1.29 is 9.59 Å². The summed E-state index contributed by atoms with van der Waals surface area (Å²) in [6, 6.07) is 10.6. The summed E-state index contributed by atoms with van der Waals surface area (Å²) in [5.74, 6) is 0.361. The maximum Gasteiger partial charge on any atom is 0.243 e. The van der Waals surface area contributed by atoms with Crippen molar-refractivity contribution in [3.63, 3.8) is 0 Å². The predicted molar refractivity (Wildman–Crippen MR) is 89.9 cm³/mol. The fourth-order valence-corrected chi connectivity index (χ4v) is 3.96. The van der Waals surface area contributed by atoms with Crippen molar-refractivity contribution in [1.29, 1.82) is 0 Å². The Kier molecular flexibility index (Phi) is 4.51. The van der Waals surface area contributed by atoms with E-state index in [2.05, 4.69) is 36.2 Å². The molecule has 1 aliphatic heterocycles. The maximum atomic E-state index is 12.5. The number of hydrogen-bond acceptors (Lipinski definition) is 2. The van der Waals surface area contributed by atoms with Crippen LogP contribution in [0.15, 0.2) is 43.0 Å². The van der Waals surface area contributed by atoms with Gasteiger partial charge in [-0.1, -0.05) is 43.3 Å². The molecular formula is C19H24N2O2.